The first-order valence-corrected chi connectivity index (χ1v) is 10.3. The first kappa shape index (κ1) is 21.6. The average Bonchev–Trinajstić information content (AvgIpc) is 3.39. The third-order valence-electron chi connectivity index (χ3n) is 5.46. The smallest absolute Gasteiger partial charge is 0.416 e. The third kappa shape index (κ3) is 4.09. The third-order valence-corrected chi connectivity index (χ3v) is 5.46. The molecule has 0 spiro atoms. The van der Waals surface area contributed by atoms with Gasteiger partial charge in [0.25, 0.3) is 0 Å². The van der Waals surface area contributed by atoms with Crippen molar-refractivity contribution in [3.05, 3.63) is 89.4 Å². The number of alkyl halides is 3. The van der Waals surface area contributed by atoms with Crippen LogP contribution in [0.3, 0.4) is 0 Å². The Bertz CT molecular complexity index is 1420. The Balaban J connectivity index is 1.57. The van der Waals surface area contributed by atoms with E-state index in [1.165, 1.54) is 28.9 Å². The van der Waals surface area contributed by atoms with Crippen LogP contribution in [0.1, 0.15) is 16.7 Å². The standard InChI is InChI=1S/C24H17F4N5O/c25-17-10-3-14(4-11-17)5-12-18-20(15-6-8-16(9-7-15)24(26,27)28)32-33(22(18)34)23-30-19-2-1-13-29-21(19)31-23/h1-4,6-11,13,34H,5,12H2,(H,29,30,31). The average molecular weight is 467 g/mol. The van der Waals surface area contributed by atoms with E-state index in [4.69, 9.17) is 0 Å². The van der Waals surface area contributed by atoms with E-state index in [9.17, 15) is 22.7 Å². The lowest BCUT2D eigenvalue weighted by Crippen LogP contribution is -2.04. The van der Waals surface area contributed by atoms with Crippen LogP contribution in [0.2, 0.25) is 0 Å². The Kier molecular flexibility index (Phi) is 5.27. The Labute approximate surface area is 190 Å². The second kappa shape index (κ2) is 8.29. The molecule has 0 aliphatic rings. The number of aromatic nitrogens is 5. The van der Waals surface area contributed by atoms with E-state index < -0.39 is 11.7 Å². The van der Waals surface area contributed by atoms with Gasteiger partial charge in [0.2, 0.25) is 11.8 Å². The number of hydrogen-bond acceptors (Lipinski definition) is 4. The van der Waals surface area contributed by atoms with E-state index in [0.717, 1.165) is 17.7 Å². The lowest BCUT2D eigenvalue weighted by atomic mass is 10.0. The van der Waals surface area contributed by atoms with Gasteiger partial charge in [-0.1, -0.05) is 24.3 Å². The molecular formula is C24H17F4N5O. The summed E-state index contributed by atoms with van der Waals surface area (Å²) in [6.07, 6.45) is -2.12. The van der Waals surface area contributed by atoms with Crippen LogP contribution in [-0.4, -0.2) is 29.8 Å². The Morgan fingerprint density at radius 2 is 1.68 bits per heavy atom. The minimum absolute atomic E-state index is 0.198. The fourth-order valence-electron chi connectivity index (χ4n) is 3.72. The topological polar surface area (TPSA) is 79.6 Å². The minimum atomic E-state index is -4.47. The van der Waals surface area contributed by atoms with Crippen molar-refractivity contribution in [3.8, 4) is 23.1 Å². The molecule has 5 rings (SSSR count). The predicted octanol–water partition coefficient (Wildman–Crippen LogP) is 5.46. The quantitative estimate of drug-likeness (QED) is 0.337. The Hall–Kier alpha value is -4.21. The summed E-state index contributed by atoms with van der Waals surface area (Å²) in [7, 11) is 0. The summed E-state index contributed by atoms with van der Waals surface area (Å²) in [5.74, 6) is -0.341. The SMILES string of the molecule is Oc1c(CCc2ccc(F)cc2)c(-c2ccc(C(F)(F)F)cc2)nn1-c1nc2ncccc2[nH]1. The first-order valence-electron chi connectivity index (χ1n) is 10.3. The largest absolute Gasteiger partial charge is 0.493 e. The summed E-state index contributed by atoms with van der Waals surface area (Å²) in [5.41, 5.74) is 2.27. The summed E-state index contributed by atoms with van der Waals surface area (Å²) in [6.45, 7) is 0. The van der Waals surface area contributed by atoms with Crippen molar-refractivity contribution in [2.45, 2.75) is 19.0 Å². The molecule has 2 N–H and O–H groups in total. The van der Waals surface area contributed by atoms with Crippen LogP contribution in [0.4, 0.5) is 17.6 Å². The molecule has 0 saturated carbocycles. The lowest BCUT2D eigenvalue weighted by molar-refractivity contribution is -0.137. The summed E-state index contributed by atoms with van der Waals surface area (Å²) in [6, 6.07) is 14.0. The highest BCUT2D eigenvalue weighted by molar-refractivity contribution is 5.72. The highest BCUT2D eigenvalue weighted by Gasteiger charge is 2.30. The number of halogens is 4. The lowest BCUT2D eigenvalue weighted by Gasteiger charge is -2.08. The van der Waals surface area contributed by atoms with E-state index in [2.05, 4.69) is 20.1 Å². The summed E-state index contributed by atoms with van der Waals surface area (Å²) in [5, 5.41) is 15.5. The van der Waals surface area contributed by atoms with Gasteiger partial charge in [0.1, 0.15) is 11.5 Å². The summed E-state index contributed by atoms with van der Waals surface area (Å²) < 4.78 is 53.5. The maximum absolute atomic E-state index is 13.2. The van der Waals surface area contributed by atoms with Gasteiger partial charge in [-0.15, -0.1) is 0 Å². The number of pyridine rings is 1. The number of nitrogens with zero attached hydrogens (tertiary/aromatic N) is 4. The summed E-state index contributed by atoms with van der Waals surface area (Å²) in [4.78, 5) is 11.5. The van der Waals surface area contributed by atoms with Crippen molar-refractivity contribution in [1.82, 2.24) is 24.7 Å². The van der Waals surface area contributed by atoms with Gasteiger partial charge in [-0.25, -0.2) is 9.37 Å². The van der Waals surface area contributed by atoms with Gasteiger partial charge in [-0.2, -0.15) is 27.9 Å². The molecule has 0 amide bonds. The molecule has 0 radical (unpaired) electrons. The molecule has 3 aromatic heterocycles. The van der Waals surface area contributed by atoms with Gasteiger partial charge in [0, 0.05) is 17.3 Å². The van der Waals surface area contributed by atoms with Crippen molar-refractivity contribution in [1.29, 1.82) is 0 Å². The number of nitrogens with one attached hydrogen (secondary N) is 1. The van der Waals surface area contributed by atoms with E-state index >= 15 is 0 Å². The molecule has 0 aliphatic heterocycles. The van der Waals surface area contributed by atoms with Gasteiger partial charge in [-0.05, 0) is 54.8 Å². The number of fused-ring (bicyclic) bond motifs is 1. The monoisotopic (exact) mass is 467 g/mol. The van der Waals surface area contributed by atoms with Gasteiger partial charge >= 0.3 is 6.18 Å². The first-order chi connectivity index (χ1) is 16.3. The number of rotatable bonds is 5. The van der Waals surface area contributed by atoms with E-state index in [1.807, 2.05) is 0 Å². The molecule has 10 heteroatoms. The van der Waals surface area contributed by atoms with Crippen LogP contribution >= 0.6 is 0 Å². The Morgan fingerprint density at radius 3 is 2.35 bits per heavy atom. The van der Waals surface area contributed by atoms with Crippen LogP contribution in [-0.2, 0) is 19.0 Å². The number of aromatic amines is 1. The number of imidazole rings is 1. The molecule has 0 atom stereocenters. The van der Waals surface area contributed by atoms with Crippen molar-refractivity contribution in [3.63, 3.8) is 0 Å². The van der Waals surface area contributed by atoms with Crippen molar-refractivity contribution >= 4 is 11.2 Å². The molecule has 6 nitrogen and oxygen atoms in total. The van der Waals surface area contributed by atoms with Crippen molar-refractivity contribution in [2.75, 3.05) is 0 Å². The Morgan fingerprint density at radius 1 is 0.941 bits per heavy atom. The van der Waals surface area contributed by atoms with E-state index in [0.29, 0.717) is 40.8 Å². The van der Waals surface area contributed by atoms with Crippen molar-refractivity contribution in [2.24, 2.45) is 0 Å². The fraction of sp³-hybridized carbons (Fsp3) is 0.125. The minimum Gasteiger partial charge on any atom is -0.493 e. The number of aromatic hydroxyl groups is 1. The molecule has 0 bridgehead atoms. The number of aryl methyl sites for hydroxylation is 1. The second-order valence-electron chi connectivity index (χ2n) is 7.70. The molecule has 0 fully saturated rings. The molecule has 172 valence electrons. The van der Waals surface area contributed by atoms with E-state index in [1.54, 1.807) is 30.5 Å². The van der Waals surface area contributed by atoms with Gasteiger partial charge in [0.15, 0.2) is 5.65 Å². The van der Waals surface area contributed by atoms with Crippen LogP contribution < -0.4 is 0 Å². The zero-order valence-electron chi connectivity index (χ0n) is 17.5. The van der Waals surface area contributed by atoms with Gasteiger partial charge < -0.3 is 10.1 Å². The normalized spacial score (nSPS) is 11.9. The highest BCUT2D eigenvalue weighted by Crippen LogP contribution is 2.35. The molecular weight excluding hydrogens is 450 g/mol. The number of hydrogen-bond donors (Lipinski definition) is 2. The van der Waals surface area contributed by atoms with Crippen molar-refractivity contribution < 1.29 is 22.7 Å². The number of H-pyrrole nitrogens is 1. The zero-order chi connectivity index (χ0) is 23.9. The summed E-state index contributed by atoms with van der Waals surface area (Å²) >= 11 is 0. The maximum atomic E-state index is 13.2. The van der Waals surface area contributed by atoms with Gasteiger partial charge in [-0.3, -0.25) is 0 Å². The zero-order valence-corrected chi connectivity index (χ0v) is 17.5. The molecule has 2 aromatic carbocycles. The molecule has 0 unspecified atom stereocenters. The molecule has 0 saturated heterocycles. The second-order valence-corrected chi connectivity index (χ2v) is 7.70. The highest BCUT2D eigenvalue weighted by atomic mass is 19.4. The van der Waals surface area contributed by atoms with Crippen LogP contribution in [0, 0.1) is 5.82 Å². The fourth-order valence-corrected chi connectivity index (χ4v) is 3.72. The molecule has 3 heterocycles. The predicted molar refractivity (Wildman–Crippen MR) is 117 cm³/mol. The number of benzene rings is 2. The van der Waals surface area contributed by atoms with Crippen LogP contribution in [0.15, 0.2) is 66.9 Å². The maximum Gasteiger partial charge on any atom is 0.416 e. The van der Waals surface area contributed by atoms with E-state index in [-0.39, 0.29) is 17.6 Å². The molecule has 34 heavy (non-hydrogen) atoms. The molecule has 0 aliphatic carbocycles. The van der Waals surface area contributed by atoms with Gasteiger partial charge in [0.05, 0.1) is 11.1 Å². The van der Waals surface area contributed by atoms with Crippen LogP contribution in [0.25, 0.3) is 28.4 Å². The molecule has 5 aromatic rings. The van der Waals surface area contributed by atoms with Crippen LogP contribution in [0.5, 0.6) is 5.88 Å².